The van der Waals surface area contributed by atoms with Crippen LogP contribution >= 0.6 is 0 Å². The minimum absolute atomic E-state index is 0.0368. The first-order valence-electron chi connectivity index (χ1n) is 12.9. The second-order valence-corrected chi connectivity index (χ2v) is 11.1. The normalized spacial score (nSPS) is 18.8. The predicted molar refractivity (Wildman–Crippen MR) is 144 cm³/mol. The minimum Gasteiger partial charge on any atom is -0.483 e. The summed E-state index contributed by atoms with van der Waals surface area (Å²) in [5.74, 6) is 1.35. The first kappa shape index (κ1) is 24.7. The van der Waals surface area contributed by atoms with Gasteiger partial charge in [-0.1, -0.05) is 61.4 Å². The van der Waals surface area contributed by atoms with Crippen molar-refractivity contribution in [1.82, 2.24) is 14.1 Å². The predicted octanol–water partition coefficient (Wildman–Crippen LogP) is 4.18. The van der Waals surface area contributed by atoms with Crippen LogP contribution in [0.5, 0.6) is 5.75 Å². The smallest absolute Gasteiger partial charge is 0.316 e. The van der Waals surface area contributed by atoms with Crippen LogP contribution in [0.1, 0.15) is 38.2 Å². The maximum absolute atomic E-state index is 13.6. The Morgan fingerprint density at radius 2 is 1.61 bits per heavy atom. The standard InChI is InChI=1S/C28H34N4O3S/c1-22(24-12-8-9-13-24)35-27-26(20-29-32(28(27)33)25-14-6-3-7-15-25)30-16-18-31(19-17-30)36(34)21-23-10-4-2-5-11-23/h2-7,10-11,14-15,20,22,24H,8-9,12-13,16-19,21H2,1H3. The van der Waals surface area contributed by atoms with E-state index in [1.54, 1.807) is 6.20 Å². The monoisotopic (exact) mass is 506 g/mol. The van der Waals surface area contributed by atoms with E-state index in [9.17, 15) is 9.00 Å². The van der Waals surface area contributed by atoms with E-state index in [0.29, 0.717) is 49.3 Å². The first-order valence-corrected chi connectivity index (χ1v) is 14.1. The summed E-state index contributed by atoms with van der Waals surface area (Å²) in [6.45, 7) is 4.70. The van der Waals surface area contributed by atoms with Crippen LogP contribution in [0.15, 0.2) is 71.7 Å². The lowest BCUT2D eigenvalue weighted by Crippen LogP contribution is -2.48. The molecule has 1 aromatic heterocycles. The third-order valence-corrected chi connectivity index (χ3v) is 8.80. The zero-order valence-corrected chi connectivity index (χ0v) is 21.6. The molecule has 1 saturated carbocycles. The molecule has 0 N–H and O–H groups in total. The van der Waals surface area contributed by atoms with E-state index in [1.165, 1.54) is 17.5 Å². The van der Waals surface area contributed by atoms with E-state index in [2.05, 4.69) is 16.9 Å². The lowest BCUT2D eigenvalue weighted by atomic mass is 10.0. The molecule has 3 aromatic rings. The SMILES string of the molecule is CC(Oc1c(N2CCN(S(=O)Cc3ccccc3)CC2)cnn(-c2ccccc2)c1=O)C1CCCC1. The van der Waals surface area contributed by atoms with Gasteiger partial charge in [-0.05, 0) is 43.4 Å². The molecule has 0 spiro atoms. The van der Waals surface area contributed by atoms with Crippen molar-refractivity contribution in [3.05, 3.63) is 82.8 Å². The van der Waals surface area contributed by atoms with E-state index < -0.39 is 11.0 Å². The summed E-state index contributed by atoms with van der Waals surface area (Å²) in [6.07, 6.45) is 6.43. The van der Waals surface area contributed by atoms with Crippen LogP contribution in [0, 0.1) is 5.92 Å². The molecule has 0 radical (unpaired) electrons. The molecule has 5 rings (SSSR count). The summed E-state index contributed by atoms with van der Waals surface area (Å²) in [7, 11) is -1.08. The van der Waals surface area contributed by atoms with Crippen LogP contribution in [0.3, 0.4) is 0 Å². The molecule has 1 aliphatic carbocycles. The molecule has 2 unspecified atom stereocenters. The summed E-state index contributed by atoms with van der Waals surface area (Å²) in [6, 6.07) is 19.4. The highest BCUT2D eigenvalue weighted by Crippen LogP contribution is 2.32. The zero-order chi connectivity index (χ0) is 24.9. The van der Waals surface area contributed by atoms with Gasteiger partial charge in [0.25, 0.3) is 0 Å². The maximum atomic E-state index is 13.6. The van der Waals surface area contributed by atoms with Crippen LogP contribution < -0.4 is 15.2 Å². The second kappa shape index (κ2) is 11.4. The van der Waals surface area contributed by atoms with Gasteiger partial charge < -0.3 is 9.64 Å². The quantitative estimate of drug-likeness (QED) is 0.459. The molecule has 7 nitrogen and oxygen atoms in total. The molecule has 0 bridgehead atoms. The van der Waals surface area contributed by atoms with Gasteiger partial charge in [0.15, 0.2) is 0 Å². The van der Waals surface area contributed by atoms with Crippen LogP contribution in [0.2, 0.25) is 0 Å². The Labute approximate surface area is 215 Å². The second-order valence-electron chi connectivity index (χ2n) is 9.65. The van der Waals surface area contributed by atoms with Gasteiger partial charge in [-0.3, -0.25) is 4.79 Å². The molecule has 2 aliphatic rings. The third kappa shape index (κ3) is 5.55. The van der Waals surface area contributed by atoms with Crippen molar-refractivity contribution >= 4 is 16.7 Å². The molecule has 2 atom stereocenters. The Morgan fingerprint density at radius 1 is 0.972 bits per heavy atom. The van der Waals surface area contributed by atoms with Crippen molar-refractivity contribution in [2.45, 2.75) is 44.5 Å². The van der Waals surface area contributed by atoms with Crippen molar-refractivity contribution < 1.29 is 8.95 Å². The Morgan fingerprint density at radius 3 is 2.28 bits per heavy atom. The number of benzene rings is 2. The number of rotatable bonds is 8. The van der Waals surface area contributed by atoms with Gasteiger partial charge in [-0.15, -0.1) is 0 Å². The third-order valence-electron chi connectivity index (χ3n) is 7.28. The van der Waals surface area contributed by atoms with Gasteiger partial charge in [-0.25, -0.2) is 8.51 Å². The minimum atomic E-state index is -1.08. The molecular formula is C28H34N4O3S. The molecule has 8 heteroatoms. The average Bonchev–Trinajstić information content (AvgIpc) is 3.46. The van der Waals surface area contributed by atoms with Crippen molar-refractivity contribution in [1.29, 1.82) is 0 Å². The number of hydrogen-bond donors (Lipinski definition) is 0. The zero-order valence-electron chi connectivity index (χ0n) is 20.8. The van der Waals surface area contributed by atoms with Crippen molar-refractivity contribution in [3.8, 4) is 11.4 Å². The van der Waals surface area contributed by atoms with Gasteiger partial charge in [0.05, 0.1) is 34.7 Å². The fraction of sp³-hybridized carbons (Fsp3) is 0.429. The fourth-order valence-electron chi connectivity index (χ4n) is 5.17. The molecular weight excluding hydrogens is 472 g/mol. The number of anilines is 1. The molecule has 0 amide bonds. The van der Waals surface area contributed by atoms with E-state index in [-0.39, 0.29) is 11.7 Å². The Kier molecular flexibility index (Phi) is 7.82. The van der Waals surface area contributed by atoms with Gasteiger partial charge in [0.1, 0.15) is 5.69 Å². The number of aromatic nitrogens is 2. The lowest BCUT2D eigenvalue weighted by molar-refractivity contribution is 0.151. The van der Waals surface area contributed by atoms with Crippen LogP contribution in [0.4, 0.5) is 5.69 Å². The summed E-state index contributed by atoms with van der Waals surface area (Å²) in [5, 5.41) is 4.51. The Bertz CT molecular complexity index is 1220. The molecule has 2 fully saturated rings. The summed E-state index contributed by atoms with van der Waals surface area (Å²) in [4.78, 5) is 15.8. The molecule has 2 aromatic carbocycles. The highest BCUT2D eigenvalue weighted by Gasteiger charge is 2.29. The van der Waals surface area contributed by atoms with Gasteiger partial charge in [0, 0.05) is 26.2 Å². The van der Waals surface area contributed by atoms with E-state index in [4.69, 9.17) is 4.74 Å². The summed E-state index contributed by atoms with van der Waals surface area (Å²) in [5.41, 5.74) is 2.28. The topological polar surface area (TPSA) is 67.7 Å². The van der Waals surface area contributed by atoms with Crippen molar-refractivity contribution in [2.75, 3.05) is 31.1 Å². The highest BCUT2D eigenvalue weighted by molar-refractivity contribution is 7.81. The maximum Gasteiger partial charge on any atom is 0.316 e. The van der Waals surface area contributed by atoms with Crippen molar-refractivity contribution in [2.24, 2.45) is 5.92 Å². The first-order chi connectivity index (χ1) is 17.6. The molecule has 2 heterocycles. The van der Waals surface area contributed by atoms with Gasteiger partial charge >= 0.3 is 5.56 Å². The fourth-order valence-corrected chi connectivity index (χ4v) is 6.40. The lowest BCUT2D eigenvalue weighted by Gasteiger charge is -2.36. The molecule has 190 valence electrons. The average molecular weight is 507 g/mol. The molecule has 36 heavy (non-hydrogen) atoms. The largest absolute Gasteiger partial charge is 0.483 e. The molecule has 1 aliphatic heterocycles. The van der Waals surface area contributed by atoms with Gasteiger partial charge in [-0.2, -0.15) is 9.78 Å². The van der Waals surface area contributed by atoms with E-state index in [1.807, 2.05) is 65.0 Å². The van der Waals surface area contributed by atoms with Crippen molar-refractivity contribution in [3.63, 3.8) is 0 Å². The number of hydrogen-bond acceptors (Lipinski definition) is 5. The Balaban J connectivity index is 1.36. The number of ether oxygens (including phenoxy) is 1. The summed E-state index contributed by atoms with van der Waals surface area (Å²) < 4.78 is 22.8. The number of piperazine rings is 1. The Hall–Kier alpha value is -2.97. The van der Waals surface area contributed by atoms with Crippen LogP contribution in [-0.2, 0) is 16.7 Å². The van der Waals surface area contributed by atoms with Gasteiger partial charge in [0.2, 0.25) is 5.75 Å². The van der Waals surface area contributed by atoms with Crippen LogP contribution in [-0.4, -0.2) is 50.6 Å². The van der Waals surface area contributed by atoms with E-state index in [0.717, 1.165) is 24.1 Å². The molecule has 1 saturated heterocycles. The highest BCUT2D eigenvalue weighted by atomic mass is 32.2. The number of para-hydroxylation sites is 1. The van der Waals surface area contributed by atoms with Crippen LogP contribution in [0.25, 0.3) is 5.69 Å². The summed E-state index contributed by atoms with van der Waals surface area (Å²) >= 11 is 0. The number of nitrogens with zero attached hydrogens (tertiary/aromatic N) is 4. The van der Waals surface area contributed by atoms with E-state index >= 15 is 0 Å².